The Bertz CT molecular complexity index is 416. The molecule has 0 aliphatic rings. The molecule has 2 N–H and O–H groups in total. The van der Waals surface area contributed by atoms with E-state index in [0.29, 0.717) is 13.0 Å². The van der Waals surface area contributed by atoms with Crippen LogP contribution < -0.4 is 0 Å². The number of aromatic nitrogens is 2. The van der Waals surface area contributed by atoms with E-state index in [4.69, 9.17) is 5.11 Å². The van der Waals surface area contributed by atoms with Gasteiger partial charge in [-0.25, -0.2) is 0 Å². The third kappa shape index (κ3) is 3.85. The molecule has 0 aliphatic heterocycles. The van der Waals surface area contributed by atoms with Crippen LogP contribution in [0.5, 0.6) is 0 Å². The first kappa shape index (κ1) is 13.7. The molecule has 5 heteroatoms. The number of aliphatic carboxylic acids is 1. The van der Waals surface area contributed by atoms with Crippen molar-refractivity contribution in [3.63, 3.8) is 0 Å². The van der Waals surface area contributed by atoms with Gasteiger partial charge >= 0.3 is 5.97 Å². The van der Waals surface area contributed by atoms with Gasteiger partial charge in [-0.1, -0.05) is 0 Å². The van der Waals surface area contributed by atoms with E-state index in [0.717, 1.165) is 17.0 Å². The minimum absolute atomic E-state index is 0.000183. The summed E-state index contributed by atoms with van der Waals surface area (Å²) in [6.45, 7) is 7.76. The first-order valence-corrected chi connectivity index (χ1v) is 5.68. The SMILES string of the molecule is Cc1nn(CCC(C)(C)O)c(C)c1CC(=O)O. The molecule has 0 aliphatic carbocycles. The Hall–Kier alpha value is -1.36. The average Bonchev–Trinajstić information content (AvgIpc) is 2.41. The first-order chi connectivity index (χ1) is 7.70. The highest BCUT2D eigenvalue weighted by molar-refractivity contribution is 5.70. The molecule has 1 heterocycles. The molecule has 5 nitrogen and oxygen atoms in total. The molecule has 17 heavy (non-hydrogen) atoms. The monoisotopic (exact) mass is 240 g/mol. The number of carbonyl (C=O) groups is 1. The lowest BCUT2D eigenvalue weighted by molar-refractivity contribution is -0.136. The van der Waals surface area contributed by atoms with Gasteiger partial charge in [-0.3, -0.25) is 9.48 Å². The summed E-state index contributed by atoms with van der Waals surface area (Å²) in [5.74, 6) is -0.849. The van der Waals surface area contributed by atoms with Gasteiger partial charge in [-0.05, 0) is 34.1 Å². The quantitative estimate of drug-likeness (QED) is 0.813. The van der Waals surface area contributed by atoms with Crippen LogP contribution >= 0.6 is 0 Å². The summed E-state index contributed by atoms with van der Waals surface area (Å²) in [5.41, 5.74) is 1.65. The summed E-state index contributed by atoms with van der Waals surface area (Å²) >= 11 is 0. The predicted molar refractivity (Wildman–Crippen MR) is 64.0 cm³/mol. The second-order valence-electron chi connectivity index (χ2n) is 5.01. The van der Waals surface area contributed by atoms with Gasteiger partial charge in [0.15, 0.2) is 0 Å². The fourth-order valence-electron chi connectivity index (χ4n) is 1.74. The van der Waals surface area contributed by atoms with Crippen molar-refractivity contribution < 1.29 is 15.0 Å². The van der Waals surface area contributed by atoms with Crippen molar-refractivity contribution in [1.82, 2.24) is 9.78 Å². The van der Waals surface area contributed by atoms with E-state index in [-0.39, 0.29) is 6.42 Å². The van der Waals surface area contributed by atoms with Gasteiger partial charge in [0.05, 0.1) is 17.7 Å². The number of aryl methyl sites for hydroxylation is 2. The fourth-order valence-corrected chi connectivity index (χ4v) is 1.74. The van der Waals surface area contributed by atoms with Crippen LogP contribution in [0.3, 0.4) is 0 Å². The second-order valence-corrected chi connectivity index (χ2v) is 5.01. The van der Waals surface area contributed by atoms with E-state index in [1.807, 2.05) is 13.8 Å². The van der Waals surface area contributed by atoms with Crippen molar-refractivity contribution in [3.8, 4) is 0 Å². The zero-order chi connectivity index (χ0) is 13.2. The van der Waals surface area contributed by atoms with Gasteiger partial charge < -0.3 is 10.2 Å². The molecule has 1 rings (SSSR count). The minimum atomic E-state index is -0.849. The number of carboxylic acids is 1. The Morgan fingerprint density at radius 3 is 2.47 bits per heavy atom. The number of rotatable bonds is 5. The number of hydrogen-bond acceptors (Lipinski definition) is 3. The highest BCUT2D eigenvalue weighted by atomic mass is 16.4. The molecule has 0 bridgehead atoms. The number of carboxylic acid groups (broad SMARTS) is 1. The molecule has 1 aromatic heterocycles. The summed E-state index contributed by atoms with van der Waals surface area (Å²) in [4.78, 5) is 10.7. The maximum absolute atomic E-state index is 10.7. The molecular formula is C12H20N2O3. The van der Waals surface area contributed by atoms with Crippen LogP contribution in [0.1, 0.15) is 37.2 Å². The summed E-state index contributed by atoms with van der Waals surface area (Å²) in [6, 6.07) is 0. The van der Waals surface area contributed by atoms with Crippen LogP contribution in [0.4, 0.5) is 0 Å². The molecule has 0 aromatic carbocycles. The van der Waals surface area contributed by atoms with Crippen LogP contribution in [-0.2, 0) is 17.8 Å². The normalized spacial score (nSPS) is 11.8. The molecule has 0 fully saturated rings. The molecular weight excluding hydrogens is 220 g/mol. The smallest absolute Gasteiger partial charge is 0.307 e. The summed E-state index contributed by atoms with van der Waals surface area (Å²) < 4.78 is 1.77. The fraction of sp³-hybridized carbons (Fsp3) is 0.667. The molecule has 1 aromatic rings. The summed E-state index contributed by atoms with van der Waals surface area (Å²) in [5, 5.41) is 22.8. The largest absolute Gasteiger partial charge is 0.481 e. The van der Waals surface area contributed by atoms with Crippen molar-refractivity contribution >= 4 is 5.97 Å². The van der Waals surface area contributed by atoms with Crippen LogP contribution in [-0.4, -0.2) is 31.6 Å². The van der Waals surface area contributed by atoms with Crippen molar-refractivity contribution in [1.29, 1.82) is 0 Å². The van der Waals surface area contributed by atoms with Crippen LogP contribution in [0.2, 0.25) is 0 Å². The van der Waals surface area contributed by atoms with Crippen LogP contribution in [0, 0.1) is 13.8 Å². The van der Waals surface area contributed by atoms with E-state index in [9.17, 15) is 9.90 Å². The maximum atomic E-state index is 10.7. The Balaban J connectivity index is 2.85. The van der Waals surface area contributed by atoms with Gasteiger partial charge in [-0.15, -0.1) is 0 Å². The lowest BCUT2D eigenvalue weighted by Crippen LogP contribution is -2.21. The predicted octanol–water partition coefficient (Wildman–Crippen LogP) is 1.29. The third-order valence-corrected chi connectivity index (χ3v) is 2.79. The molecule has 0 saturated heterocycles. The minimum Gasteiger partial charge on any atom is -0.481 e. The summed E-state index contributed by atoms with van der Waals surface area (Å²) in [6.07, 6.45) is 0.585. The maximum Gasteiger partial charge on any atom is 0.307 e. The number of nitrogens with zero attached hydrogens (tertiary/aromatic N) is 2. The Morgan fingerprint density at radius 1 is 1.41 bits per heavy atom. The molecule has 96 valence electrons. The van der Waals surface area contributed by atoms with Crippen molar-refractivity contribution in [2.75, 3.05) is 0 Å². The third-order valence-electron chi connectivity index (χ3n) is 2.79. The number of hydrogen-bond donors (Lipinski definition) is 2. The zero-order valence-corrected chi connectivity index (χ0v) is 10.8. The van der Waals surface area contributed by atoms with E-state index >= 15 is 0 Å². The molecule has 0 atom stereocenters. The van der Waals surface area contributed by atoms with Gasteiger partial charge in [0.1, 0.15) is 0 Å². The van der Waals surface area contributed by atoms with Crippen molar-refractivity contribution in [3.05, 3.63) is 17.0 Å². The van der Waals surface area contributed by atoms with Crippen molar-refractivity contribution in [2.24, 2.45) is 0 Å². The lowest BCUT2D eigenvalue weighted by Gasteiger charge is -2.17. The van der Waals surface area contributed by atoms with Crippen LogP contribution in [0.15, 0.2) is 0 Å². The summed E-state index contributed by atoms with van der Waals surface area (Å²) in [7, 11) is 0. The topological polar surface area (TPSA) is 75.3 Å². The number of aliphatic hydroxyl groups is 1. The lowest BCUT2D eigenvalue weighted by atomic mass is 10.1. The molecule has 0 radical (unpaired) electrons. The van der Waals surface area contributed by atoms with Gasteiger partial charge in [-0.2, -0.15) is 5.10 Å². The Labute approximate surface area is 101 Å². The van der Waals surface area contributed by atoms with Gasteiger partial charge in [0.25, 0.3) is 0 Å². The van der Waals surface area contributed by atoms with Crippen molar-refractivity contribution in [2.45, 2.75) is 52.7 Å². The average molecular weight is 240 g/mol. The van der Waals surface area contributed by atoms with Crippen LogP contribution in [0.25, 0.3) is 0 Å². The van der Waals surface area contributed by atoms with E-state index in [1.54, 1.807) is 18.5 Å². The van der Waals surface area contributed by atoms with E-state index in [2.05, 4.69) is 5.10 Å². The molecule has 0 unspecified atom stereocenters. The Morgan fingerprint density at radius 2 is 2.00 bits per heavy atom. The Kier molecular flexibility index (Phi) is 3.93. The second kappa shape index (κ2) is 4.87. The standard InChI is InChI=1S/C12H20N2O3/c1-8-10(7-11(15)16)9(2)14(13-8)6-5-12(3,4)17/h17H,5-7H2,1-4H3,(H,15,16). The van der Waals surface area contributed by atoms with E-state index in [1.165, 1.54) is 0 Å². The van der Waals surface area contributed by atoms with Gasteiger partial charge in [0.2, 0.25) is 0 Å². The first-order valence-electron chi connectivity index (χ1n) is 5.68. The zero-order valence-electron chi connectivity index (χ0n) is 10.8. The van der Waals surface area contributed by atoms with Gasteiger partial charge in [0, 0.05) is 17.8 Å². The molecule has 0 spiro atoms. The molecule has 0 saturated carbocycles. The highest BCUT2D eigenvalue weighted by Gasteiger charge is 2.17. The highest BCUT2D eigenvalue weighted by Crippen LogP contribution is 2.16. The molecule has 0 amide bonds. The van der Waals surface area contributed by atoms with E-state index < -0.39 is 11.6 Å².